The number of hydrogen-bond acceptors (Lipinski definition) is 8. The lowest BCUT2D eigenvalue weighted by Crippen LogP contribution is -2.32. The van der Waals surface area contributed by atoms with Crippen molar-refractivity contribution in [2.24, 2.45) is 11.3 Å². The molecule has 5 rings (SSSR count). The van der Waals surface area contributed by atoms with Gasteiger partial charge in [0.2, 0.25) is 11.8 Å². The van der Waals surface area contributed by atoms with Crippen LogP contribution in [0.1, 0.15) is 23.7 Å². The highest BCUT2D eigenvalue weighted by molar-refractivity contribution is 14.2. The standard InChI is InChI=1S/C22H24IN5O4S/c1-3-32-19-15-6-7-28(33-23)18(15)25-21(26-19)24-16-5-4-13(8-17(16)31-2)20(30)27-10-14-9-22(14,11-27)12-29/h4-8,14,29H,3,9-12H2,1-2H3,(H,24,25,26). The van der Waals surface area contributed by atoms with Crippen LogP contribution in [-0.2, 0) is 0 Å². The number of fused-ring (bicyclic) bond motifs is 2. The molecule has 2 N–H and O–H groups in total. The molecule has 0 spiro atoms. The van der Waals surface area contributed by atoms with E-state index in [1.807, 2.05) is 28.1 Å². The fourth-order valence-electron chi connectivity index (χ4n) is 4.55. The number of ether oxygens (including phenoxy) is 2. The summed E-state index contributed by atoms with van der Waals surface area (Å²) in [5.41, 5.74) is 1.86. The number of rotatable bonds is 8. The number of anilines is 2. The SMILES string of the molecule is CCOc1nc(Nc2ccc(C(=O)N3CC4CC4(CO)C3)cc2OC)nc2c1ccn2SI. The van der Waals surface area contributed by atoms with Crippen molar-refractivity contribution in [3.8, 4) is 11.6 Å². The minimum Gasteiger partial charge on any atom is -0.495 e. The van der Waals surface area contributed by atoms with E-state index in [1.54, 1.807) is 25.3 Å². The summed E-state index contributed by atoms with van der Waals surface area (Å²) in [5.74, 6) is 1.76. The van der Waals surface area contributed by atoms with Crippen LogP contribution in [0.25, 0.3) is 11.0 Å². The average molecular weight is 581 g/mol. The van der Waals surface area contributed by atoms with E-state index in [4.69, 9.17) is 9.47 Å². The first-order valence-corrected chi connectivity index (χ1v) is 14.0. The van der Waals surface area contributed by atoms with Gasteiger partial charge in [0.25, 0.3) is 5.91 Å². The van der Waals surface area contributed by atoms with Crippen molar-refractivity contribution in [2.75, 3.05) is 38.7 Å². The summed E-state index contributed by atoms with van der Waals surface area (Å²) < 4.78 is 13.2. The van der Waals surface area contributed by atoms with E-state index < -0.39 is 0 Å². The normalized spacial score (nSPS) is 21.2. The van der Waals surface area contributed by atoms with Crippen LogP contribution in [-0.4, -0.2) is 63.3 Å². The van der Waals surface area contributed by atoms with Gasteiger partial charge in [0, 0.05) is 60.6 Å². The van der Waals surface area contributed by atoms with E-state index >= 15 is 0 Å². The molecule has 174 valence electrons. The summed E-state index contributed by atoms with van der Waals surface area (Å²) in [5, 5.41) is 13.7. The molecule has 2 aromatic heterocycles. The quantitative estimate of drug-likeness (QED) is 0.387. The number of halogens is 1. The van der Waals surface area contributed by atoms with Crippen molar-refractivity contribution in [3.63, 3.8) is 0 Å². The minimum atomic E-state index is -0.0800. The first kappa shape index (κ1) is 22.5. The second kappa shape index (κ2) is 8.84. The Morgan fingerprint density at radius 3 is 2.94 bits per heavy atom. The Hall–Kier alpha value is -2.25. The summed E-state index contributed by atoms with van der Waals surface area (Å²) in [7, 11) is 3.07. The molecule has 1 saturated heterocycles. The van der Waals surface area contributed by atoms with Gasteiger partial charge < -0.3 is 24.8 Å². The van der Waals surface area contributed by atoms with E-state index in [9.17, 15) is 9.90 Å². The molecule has 9 nitrogen and oxygen atoms in total. The smallest absolute Gasteiger partial charge is 0.254 e. The van der Waals surface area contributed by atoms with Crippen molar-refractivity contribution in [1.29, 1.82) is 0 Å². The van der Waals surface area contributed by atoms with Gasteiger partial charge in [-0.25, -0.2) is 0 Å². The monoisotopic (exact) mass is 581 g/mol. The number of aliphatic hydroxyl groups is 1. The van der Waals surface area contributed by atoms with Crippen molar-refractivity contribution in [3.05, 3.63) is 36.0 Å². The number of likely N-dealkylation sites (tertiary alicyclic amines) is 1. The summed E-state index contributed by atoms with van der Waals surface area (Å²) in [6, 6.07) is 7.23. The molecule has 0 radical (unpaired) electrons. The van der Waals surface area contributed by atoms with E-state index in [1.165, 1.54) is 9.12 Å². The van der Waals surface area contributed by atoms with Crippen LogP contribution in [0.2, 0.25) is 0 Å². The van der Waals surface area contributed by atoms with Gasteiger partial charge in [-0.1, -0.05) is 0 Å². The zero-order valence-corrected chi connectivity index (χ0v) is 21.2. The molecule has 2 unspecified atom stereocenters. The molecule has 1 aliphatic heterocycles. The Morgan fingerprint density at radius 2 is 2.24 bits per heavy atom. The molecule has 1 aliphatic carbocycles. The number of nitrogens with one attached hydrogen (secondary N) is 1. The van der Waals surface area contributed by atoms with Crippen LogP contribution in [0.5, 0.6) is 11.6 Å². The largest absolute Gasteiger partial charge is 0.495 e. The number of piperidine rings is 1. The fraction of sp³-hybridized carbons (Fsp3) is 0.409. The number of hydrogen-bond donors (Lipinski definition) is 2. The number of benzene rings is 1. The van der Waals surface area contributed by atoms with Crippen molar-refractivity contribution in [2.45, 2.75) is 13.3 Å². The number of aliphatic hydroxyl groups excluding tert-OH is 1. The maximum Gasteiger partial charge on any atom is 0.254 e. The number of amides is 1. The van der Waals surface area contributed by atoms with E-state index in [-0.39, 0.29) is 17.9 Å². The third-order valence-corrected chi connectivity index (χ3v) is 8.15. The number of carbonyl (C=O) groups excluding carboxylic acids is 1. The molecule has 2 fully saturated rings. The summed E-state index contributed by atoms with van der Waals surface area (Å²) in [4.78, 5) is 24.0. The van der Waals surface area contributed by atoms with Crippen molar-refractivity contribution >= 4 is 58.9 Å². The highest BCUT2D eigenvalue weighted by Gasteiger charge is 2.60. The summed E-state index contributed by atoms with van der Waals surface area (Å²) in [6.07, 6.45) is 2.93. The molecule has 2 aliphatic rings. The van der Waals surface area contributed by atoms with Crippen molar-refractivity contribution in [1.82, 2.24) is 18.8 Å². The average Bonchev–Trinajstić information content (AvgIpc) is 3.16. The molecular formula is C22H24IN5O4S. The number of nitrogens with zero attached hydrogens (tertiary/aromatic N) is 4. The highest BCUT2D eigenvalue weighted by atomic mass is 127. The van der Waals surface area contributed by atoms with Gasteiger partial charge in [-0.05, 0) is 43.5 Å². The molecule has 3 aromatic rings. The topological polar surface area (TPSA) is 102 Å². The van der Waals surface area contributed by atoms with Gasteiger partial charge in [-0.15, -0.1) is 0 Å². The van der Waals surface area contributed by atoms with Crippen LogP contribution in [0.15, 0.2) is 30.5 Å². The zero-order chi connectivity index (χ0) is 23.2. The maximum absolute atomic E-state index is 13.0. The van der Waals surface area contributed by atoms with Crippen LogP contribution in [0, 0.1) is 11.3 Å². The molecule has 0 bridgehead atoms. The molecule has 1 amide bonds. The van der Waals surface area contributed by atoms with Crippen molar-refractivity contribution < 1.29 is 19.4 Å². The third kappa shape index (κ3) is 3.99. The summed E-state index contributed by atoms with van der Waals surface area (Å²) in [6.45, 7) is 3.85. The number of aromatic nitrogens is 3. The fourth-order valence-corrected chi connectivity index (χ4v) is 5.81. The number of methoxy groups -OCH3 is 1. The number of carbonyl (C=O) groups is 1. The van der Waals surface area contributed by atoms with Crippen LogP contribution in [0.3, 0.4) is 0 Å². The Labute approximate surface area is 207 Å². The minimum absolute atomic E-state index is 0.0481. The molecule has 1 aromatic carbocycles. The van der Waals surface area contributed by atoms with E-state index in [2.05, 4.69) is 36.5 Å². The lowest BCUT2D eigenvalue weighted by molar-refractivity contribution is 0.0751. The Balaban J connectivity index is 1.41. The molecule has 3 heterocycles. The van der Waals surface area contributed by atoms with Crippen LogP contribution < -0.4 is 14.8 Å². The lowest BCUT2D eigenvalue weighted by Gasteiger charge is -2.21. The second-order valence-corrected chi connectivity index (χ2v) is 10.1. The highest BCUT2D eigenvalue weighted by Crippen LogP contribution is 2.57. The second-order valence-electron chi connectivity index (χ2n) is 8.38. The third-order valence-electron chi connectivity index (χ3n) is 6.43. The first-order valence-electron chi connectivity index (χ1n) is 10.7. The predicted octanol–water partition coefficient (Wildman–Crippen LogP) is 3.88. The van der Waals surface area contributed by atoms with Gasteiger partial charge in [-0.3, -0.25) is 8.77 Å². The lowest BCUT2D eigenvalue weighted by atomic mass is 10.1. The maximum atomic E-state index is 13.0. The van der Waals surface area contributed by atoms with Gasteiger partial charge in [0.15, 0.2) is 5.65 Å². The van der Waals surface area contributed by atoms with Gasteiger partial charge in [0.1, 0.15) is 5.75 Å². The molecule has 1 saturated carbocycles. The van der Waals surface area contributed by atoms with Crippen LogP contribution >= 0.6 is 30.3 Å². The predicted molar refractivity (Wildman–Crippen MR) is 136 cm³/mol. The molecule has 33 heavy (non-hydrogen) atoms. The van der Waals surface area contributed by atoms with Gasteiger partial charge in [0.05, 0.1) is 31.4 Å². The first-order chi connectivity index (χ1) is 16.0. The molecule has 11 heteroatoms. The molecular weight excluding hydrogens is 557 g/mol. The molecule has 2 atom stereocenters. The Bertz CT molecular complexity index is 1220. The van der Waals surface area contributed by atoms with Crippen LogP contribution in [0.4, 0.5) is 11.6 Å². The zero-order valence-electron chi connectivity index (χ0n) is 18.2. The van der Waals surface area contributed by atoms with Gasteiger partial charge in [-0.2, -0.15) is 9.97 Å². The van der Waals surface area contributed by atoms with E-state index in [0.29, 0.717) is 54.4 Å². The van der Waals surface area contributed by atoms with E-state index in [0.717, 1.165) is 17.5 Å². The summed E-state index contributed by atoms with van der Waals surface area (Å²) >= 11 is 2.20. The Morgan fingerprint density at radius 1 is 1.39 bits per heavy atom. The van der Waals surface area contributed by atoms with Gasteiger partial charge >= 0.3 is 0 Å². The Kier molecular flexibility index (Phi) is 6.04.